The van der Waals surface area contributed by atoms with Gasteiger partial charge in [-0.15, -0.1) is 0 Å². The first kappa shape index (κ1) is 12.8. The third-order valence-electron chi connectivity index (χ3n) is 2.27. The summed E-state index contributed by atoms with van der Waals surface area (Å²) in [7, 11) is 6.17. The van der Waals surface area contributed by atoms with E-state index in [-0.39, 0.29) is 0 Å². The first-order chi connectivity index (χ1) is 7.72. The molecule has 3 nitrogen and oxygen atoms in total. The number of hydrogen-bond acceptors (Lipinski definition) is 3. The summed E-state index contributed by atoms with van der Waals surface area (Å²) in [6.45, 7) is 7.83. The second-order valence-electron chi connectivity index (χ2n) is 3.67. The van der Waals surface area contributed by atoms with E-state index in [1.165, 1.54) is 0 Å². The van der Waals surface area contributed by atoms with Gasteiger partial charge < -0.3 is 4.90 Å². The van der Waals surface area contributed by atoms with Gasteiger partial charge in [0, 0.05) is 18.8 Å². The lowest BCUT2D eigenvalue weighted by Crippen LogP contribution is -2.24. The minimum absolute atomic E-state index is 0.800. The van der Waals surface area contributed by atoms with Gasteiger partial charge in [0.25, 0.3) is 0 Å². The summed E-state index contributed by atoms with van der Waals surface area (Å²) in [5.74, 6) is 1.80. The first-order valence-electron chi connectivity index (χ1n) is 5.48. The van der Waals surface area contributed by atoms with Gasteiger partial charge in [0.05, 0.1) is 0 Å². The largest absolute Gasteiger partial charge is 0.367 e. The van der Waals surface area contributed by atoms with Crippen LogP contribution >= 0.6 is 0 Å². The van der Waals surface area contributed by atoms with E-state index in [2.05, 4.69) is 36.0 Å². The van der Waals surface area contributed by atoms with Crippen molar-refractivity contribution in [1.82, 2.24) is 9.97 Å². The van der Waals surface area contributed by atoms with E-state index < -0.39 is 0 Å². The van der Waals surface area contributed by atoms with Gasteiger partial charge in [0.1, 0.15) is 26.2 Å². The van der Waals surface area contributed by atoms with Crippen molar-refractivity contribution in [3.05, 3.63) is 24.2 Å². The monoisotopic (exact) mass is 213 g/mol. The number of nitrogens with zero attached hydrogens (tertiary/aromatic N) is 3. The molecule has 82 valence electrons. The van der Waals surface area contributed by atoms with Crippen molar-refractivity contribution in [3.63, 3.8) is 0 Å². The Bertz CT molecular complexity index is 355. The Morgan fingerprint density at radius 3 is 2.75 bits per heavy atom. The molecule has 1 aromatic rings. The maximum atomic E-state index is 4.54. The standard InChI is InChI=1S/C11H17B2N3/c1-5-9-7-14-10(6-12-2)15-11(9)16(4)8-13-3/h5,7H,1,6,8H2,2-4H3. The molecule has 5 heteroatoms. The van der Waals surface area contributed by atoms with Crippen LogP contribution in [0.3, 0.4) is 0 Å². The van der Waals surface area contributed by atoms with E-state index in [1.807, 2.05) is 26.9 Å². The fourth-order valence-electron chi connectivity index (χ4n) is 1.51. The molecule has 0 amide bonds. The predicted molar refractivity (Wildman–Crippen MR) is 72.3 cm³/mol. The topological polar surface area (TPSA) is 29.0 Å². The Labute approximate surface area is 99.5 Å². The quantitative estimate of drug-likeness (QED) is 0.670. The van der Waals surface area contributed by atoms with Gasteiger partial charge in [-0.3, -0.25) is 0 Å². The van der Waals surface area contributed by atoms with Crippen LogP contribution in [0, 0.1) is 0 Å². The lowest BCUT2D eigenvalue weighted by molar-refractivity contribution is 0.953. The van der Waals surface area contributed by atoms with E-state index in [4.69, 9.17) is 0 Å². The molecular weight excluding hydrogens is 196 g/mol. The molecule has 0 aliphatic carbocycles. The molecule has 0 saturated heterocycles. The minimum Gasteiger partial charge on any atom is -0.367 e. The highest BCUT2D eigenvalue weighted by molar-refractivity contribution is 6.34. The normalized spacial score (nSPS) is 9.69. The van der Waals surface area contributed by atoms with Crippen molar-refractivity contribution in [1.29, 1.82) is 0 Å². The van der Waals surface area contributed by atoms with Crippen LogP contribution < -0.4 is 4.90 Å². The molecule has 0 spiro atoms. The van der Waals surface area contributed by atoms with Crippen LogP contribution in [0.15, 0.2) is 12.8 Å². The molecule has 0 aliphatic rings. The van der Waals surface area contributed by atoms with Gasteiger partial charge in [-0.25, -0.2) is 9.97 Å². The lowest BCUT2D eigenvalue weighted by atomic mass is 9.78. The fourth-order valence-corrected chi connectivity index (χ4v) is 1.51. The molecule has 16 heavy (non-hydrogen) atoms. The second kappa shape index (κ2) is 6.36. The molecule has 0 aromatic carbocycles. The molecule has 0 fully saturated rings. The third kappa shape index (κ3) is 3.12. The zero-order valence-electron chi connectivity index (χ0n) is 10.3. The van der Waals surface area contributed by atoms with Gasteiger partial charge in [-0.1, -0.05) is 26.3 Å². The number of rotatable bonds is 6. The van der Waals surface area contributed by atoms with Crippen molar-refractivity contribution in [2.45, 2.75) is 20.0 Å². The molecule has 0 saturated carbocycles. The molecule has 0 aliphatic heterocycles. The Balaban J connectivity index is 3.01. The van der Waals surface area contributed by atoms with Crippen molar-refractivity contribution < 1.29 is 0 Å². The molecule has 1 aromatic heterocycles. The summed E-state index contributed by atoms with van der Waals surface area (Å²) in [6.07, 6.45) is 5.29. The maximum Gasteiger partial charge on any atom is 0.138 e. The highest BCUT2D eigenvalue weighted by Crippen LogP contribution is 2.16. The zero-order chi connectivity index (χ0) is 12.0. The van der Waals surface area contributed by atoms with Crippen molar-refractivity contribution >= 4 is 26.5 Å². The van der Waals surface area contributed by atoms with E-state index in [9.17, 15) is 0 Å². The van der Waals surface area contributed by atoms with E-state index >= 15 is 0 Å². The van der Waals surface area contributed by atoms with Gasteiger partial charge in [-0.05, 0) is 12.8 Å². The Morgan fingerprint density at radius 1 is 1.44 bits per heavy atom. The number of anilines is 1. The van der Waals surface area contributed by atoms with Crippen LogP contribution in [0.25, 0.3) is 6.08 Å². The van der Waals surface area contributed by atoms with Crippen molar-refractivity contribution in [2.75, 3.05) is 18.4 Å². The molecule has 0 bridgehead atoms. The summed E-state index contributed by atoms with van der Waals surface area (Å²) in [6, 6.07) is 0. The van der Waals surface area contributed by atoms with E-state index in [0.717, 1.165) is 30.0 Å². The summed E-state index contributed by atoms with van der Waals surface area (Å²) in [5.41, 5.74) is 0.976. The highest BCUT2D eigenvalue weighted by Gasteiger charge is 2.08. The van der Waals surface area contributed by atoms with Crippen LogP contribution in [0.4, 0.5) is 5.82 Å². The van der Waals surface area contributed by atoms with Gasteiger partial charge >= 0.3 is 0 Å². The average molecular weight is 213 g/mol. The molecule has 0 unspecified atom stereocenters. The Kier molecular flexibility index (Phi) is 5.09. The van der Waals surface area contributed by atoms with Gasteiger partial charge in [0.15, 0.2) is 0 Å². The number of hydrogen-bond donors (Lipinski definition) is 0. The Hall–Kier alpha value is -1.25. The van der Waals surface area contributed by atoms with Gasteiger partial charge in [0.2, 0.25) is 0 Å². The van der Waals surface area contributed by atoms with Crippen LogP contribution in [0.1, 0.15) is 11.4 Å². The predicted octanol–water partition coefficient (Wildman–Crippen LogP) is 1.52. The highest BCUT2D eigenvalue weighted by atomic mass is 15.2. The zero-order valence-corrected chi connectivity index (χ0v) is 10.3. The lowest BCUT2D eigenvalue weighted by Gasteiger charge is -2.19. The van der Waals surface area contributed by atoms with Crippen molar-refractivity contribution in [2.24, 2.45) is 0 Å². The fraction of sp³-hybridized carbons (Fsp3) is 0.455. The second-order valence-corrected chi connectivity index (χ2v) is 3.67. The minimum atomic E-state index is 0.800. The van der Waals surface area contributed by atoms with Crippen LogP contribution in [0.2, 0.25) is 13.6 Å². The van der Waals surface area contributed by atoms with E-state index in [1.54, 1.807) is 6.08 Å². The maximum absolute atomic E-state index is 4.54. The van der Waals surface area contributed by atoms with Crippen molar-refractivity contribution in [3.8, 4) is 0 Å². The molecule has 1 rings (SSSR count). The summed E-state index contributed by atoms with van der Waals surface area (Å²) in [5, 5.41) is 0. The third-order valence-corrected chi connectivity index (χ3v) is 2.27. The van der Waals surface area contributed by atoms with Crippen LogP contribution in [0.5, 0.6) is 0 Å². The Morgan fingerprint density at radius 2 is 2.19 bits per heavy atom. The van der Waals surface area contributed by atoms with Crippen LogP contribution in [-0.2, 0) is 6.32 Å². The summed E-state index contributed by atoms with van der Waals surface area (Å²) >= 11 is 0. The smallest absolute Gasteiger partial charge is 0.138 e. The van der Waals surface area contributed by atoms with Gasteiger partial charge in [-0.2, -0.15) is 0 Å². The molecule has 1 heterocycles. The SMILES string of the molecule is C=Cc1cnc(C[B]C)nc1N(C)C[B]C. The van der Waals surface area contributed by atoms with Crippen LogP contribution in [-0.4, -0.2) is 38.0 Å². The first-order valence-corrected chi connectivity index (χ1v) is 5.48. The molecular formula is C11H17B2N3. The summed E-state index contributed by atoms with van der Waals surface area (Å²) < 4.78 is 0. The molecule has 2 radical (unpaired) electrons. The van der Waals surface area contributed by atoms with E-state index in [0.29, 0.717) is 0 Å². The number of aromatic nitrogens is 2. The average Bonchev–Trinajstić information content (AvgIpc) is 2.30. The summed E-state index contributed by atoms with van der Waals surface area (Å²) in [4.78, 5) is 10.9. The molecule has 0 N–H and O–H groups in total. The molecule has 0 atom stereocenters.